The average Bonchev–Trinajstić information content (AvgIpc) is 2.77. The molecule has 0 aromatic rings. The number of allylic oxidation sites excluding steroid dienone is 2. The van der Waals surface area contributed by atoms with Gasteiger partial charge >= 0.3 is 0 Å². The lowest BCUT2D eigenvalue weighted by atomic mass is 9.90. The van der Waals surface area contributed by atoms with E-state index in [0.29, 0.717) is 16.6 Å². The first-order valence-electron chi connectivity index (χ1n) is 6.04. The van der Waals surface area contributed by atoms with E-state index in [9.17, 15) is 4.79 Å². The summed E-state index contributed by atoms with van der Waals surface area (Å²) in [7, 11) is 1.92. The van der Waals surface area contributed by atoms with E-state index in [4.69, 9.17) is 0 Å². The van der Waals surface area contributed by atoms with Crippen LogP contribution in [0.5, 0.6) is 0 Å². The molecule has 16 heavy (non-hydrogen) atoms. The summed E-state index contributed by atoms with van der Waals surface area (Å²) >= 11 is 1.87. The number of rotatable bonds is 0. The number of carbonyl (C=O) groups is 1. The van der Waals surface area contributed by atoms with Gasteiger partial charge in [-0.2, -0.15) is 0 Å². The quantitative estimate of drug-likeness (QED) is 0.598. The predicted molar refractivity (Wildman–Crippen MR) is 65.0 cm³/mol. The fourth-order valence-corrected chi connectivity index (χ4v) is 5.23. The molecule has 0 N–H and O–H groups in total. The van der Waals surface area contributed by atoms with E-state index in [2.05, 4.69) is 12.2 Å². The molecule has 84 valence electrons. The molecular formula is C13H15NOS. The van der Waals surface area contributed by atoms with Crippen LogP contribution in [0.4, 0.5) is 0 Å². The average molecular weight is 233 g/mol. The molecule has 0 aromatic heterocycles. The van der Waals surface area contributed by atoms with Crippen molar-refractivity contribution in [3.8, 4) is 0 Å². The maximum absolute atomic E-state index is 12.0. The van der Waals surface area contributed by atoms with Gasteiger partial charge in [0.1, 0.15) is 0 Å². The second-order valence-corrected chi connectivity index (χ2v) is 6.82. The van der Waals surface area contributed by atoms with Crippen LogP contribution in [0.3, 0.4) is 0 Å². The molecule has 2 unspecified atom stereocenters. The minimum absolute atomic E-state index is 0.276. The van der Waals surface area contributed by atoms with Gasteiger partial charge in [0, 0.05) is 24.3 Å². The number of likely N-dealkylation sites (N-methyl/N-ethyl adjacent to an activating group) is 1. The molecule has 1 amide bonds. The number of hydrogen-bond acceptors (Lipinski definition) is 2. The molecule has 2 nitrogen and oxygen atoms in total. The van der Waals surface area contributed by atoms with E-state index < -0.39 is 0 Å². The third-order valence-corrected chi connectivity index (χ3v) is 6.00. The van der Waals surface area contributed by atoms with Crippen molar-refractivity contribution in [2.75, 3.05) is 13.6 Å². The summed E-state index contributed by atoms with van der Waals surface area (Å²) < 4.78 is 0. The Morgan fingerprint density at radius 1 is 1.44 bits per heavy atom. The van der Waals surface area contributed by atoms with Gasteiger partial charge in [-0.3, -0.25) is 4.79 Å². The van der Waals surface area contributed by atoms with Crippen molar-refractivity contribution in [3.63, 3.8) is 0 Å². The van der Waals surface area contributed by atoms with Crippen molar-refractivity contribution in [2.45, 2.75) is 24.5 Å². The first-order valence-corrected chi connectivity index (χ1v) is 6.92. The summed E-state index contributed by atoms with van der Waals surface area (Å²) in [4.78, 5) is 15.0. The zero-order valence-electron chi connectivity index (χ0n) is 9.40. The highest BCUT2D eigenvalue weighted by molar-refractivity contribution is 8.04. The summed E-state index contributed by atoms with van der Waals surface area (Å²) in [5.41, 5.74) is 1.97. The van der Waals surface area contributed by atoms with Crippen molar-refractivity contribution in [2.24, 2.45) is 11.3 Å². The topological polar surface area (TPSA) is 20.3 Å². The highest BCUT2D eigenvalue weighted by Gasteiger charge is 2.53. The SMILES string of the molecule is CN1CCC2=C(SC3CC4(C=C4)CC23)C1=O. The highest BCUT2D eigenvalue weighted by atomic mass is 32.2. The van der Waals surface area contributed by atoms with Crippen molar-refractivity contribution in [1.82, 2.24) is 4.90 Å². The molecule has 3 heteroatoms. The Hall–Kier alpha value is -0.700. The molecular weight excluding hydrogens is 218 g/mol. The number of amides is 1. The predicted octanol–water partition coefficient (Wildman–Crippen LogP) is 2.18. The molecule has 4 aliphatic rings. The summed E-state index contributed by atoms with van der Waals surface area (Å²) in [5.74, 6) is 0.978. The number of fused-ring (bicyclic) bond motifs is 2. The molecule has 2 atom stereocenters. The Morgan fingerprint density at radius 2 is 2.25 bits per heavy atom. The minimum atomic E-state index is 0.276. The molecule has 0 aromatic carbocycles. The van der Waals surface area contributed by atoms with Crippen molar-refractivity contribution in [3.05, 3.63) is 22.6 Å². The van der Waals surface area contributed by atoms with Crippen molar-refractivity contribution >= 4 is 17.7 Å². The Labute approximate surface area is 99.8 Å². The standard InChI is InChI=1S/C13H15NOS/c1-14-5-2-8-9-6-13(3-4-13)7-10(9)16-11(8)12(14)15/h3-4,9-10H,2,5-7H2,1H3. The molecule has 0 bridgehead atoms. The molecule has 4 rings (SSSR count). The van der Waals surface area contributed by atoms with E-state index in [1.54, 1.807) is 0 Å². The van der Waals surface area contributed by atoms with Crippen LogP contribution >= 0.6 is 11.8 Å². The van der Waals surface area contributed by atoms with Crippen LogP contribution in [-0.2, 0) is 4.79 Å². The lowest BCUT2D eigenvalue weighted by molar-refractivity contribution is -0.125. The van der Waals surface area contributed by atoms with Crippen LogP contribution in [0.1, 0.15) is 19.3 Å². The van der Waals surface area contributed by atoms with Crippen LogP contribution in [0.2, 0.25) is 0 Å². The molecule has 1 saturated carbocycles. The molecule has 2 aliphatic carbocycles. The first kappa shape index (κ1) is 9.34. The van der Waals surface area contributed by atoms with Gasteiger partial charge in [0.25, 0.3) is 5.91 Å². The van der Waals surface area contributed by atoms with Gasteiger partial charge in [-0.25, -0.2) is 0 Å². The van der Waals surface area contributed by atoms with Gasteiger partial charge in [-0.1, -0.05) is 12.2 Å². The number of nitrogens with zero attached hydrogens (tertiary/aromatic N) is 1. The summed E-state index contributed by atoms with van der Waals surface area (Å²) in [6.07, 6.45) is 8.39. The number of thioether (sulfide) groups is 1. The van der Waals surface area contributed by atoms with Gasteiger partial charge in [0.2, 0.25) is 0 Å². The summed E-state index contributed by atoms with van der Waals surface area (Å²) in [5, 5.41) is 0.690. The molecule has 1 fully saturated rings. The zero-order chi connectivity index (χ0) is 10.9. The third kappa shape index (κ3) is 1.07. The smallest absolute Gasteiger partial charge is 0.259 e. The van der Waals surface area contributed by atoms with Gasteiger partial charge < -0.3 is 4.90 Å². The van der Waals surface area contributed by atoms with Crippen LogP contribution in [0.15, 0.2) is 22.6 Å². The second kappa shape index (κ2) is 2.76. The Balaban J connectivity index is 1.68. The van der Waals surface area contributed by atoms with Crippen LogP contribution in [-0.4, -0.2) is 29.6 Å². The molecule has 2 heterocycles. The van der Waals surface area contributed by atoms with E-state index in [0.717, 1.165) is 17.9 Å². The molecule has 2 aliphatic heterocycles. The molecule has 0 radical (unpaired) electrons. The van der Waals surface area contributed by atoms with Crippen LogP contribution in [0.25, 0.3) is 0 Å². The van der Waals surface area contributed by atoms with Crippen LogP contribution in [0, 0.1) is 11.3 Å². The van der Waals surface area contributed by atoms with Gasteiger partial charge in [0.05, 0.1) is 4.91 Å². The first-order chi connectivity index (χ1) is 7.69. The van der Waals surface area contributed by atoms with E-state index in [1.807, 2.05) is 23.7 Å². The Morgan fingerprint density at radius 3 is 3.00 bits per heavy atom. The van der Waals surface area contributed by atoms with Crippen molar-refractivity contribution < 1.29 is 4.79 Å². The number of carbonyl (C=O) groups excluding carboxylic acids is 1. The fraction of sp³-hybridized carbons (Fsp3) is 0.615. The normalized spacial score (nSPS) is 38.3. The maximum atomic E-state index is 12.0. The van der Waals surface area contributed by atoms with E-state index in [-0.39, 0.29) is 5.91 Å². The van der Waals surface area contributed by atoms with Gasteiger partial charge in [0.15, 0.2) is 0 Å². The van der Waals surface area contributed by atoms with E-state index >= 15 is 0 Å². The largest absolute Gasteiger partial charge is 0.341 e. The second-order valence-electron chi connectivity index (χ2n) is 5.57. The Kier molecular flexibility index (Phi) is 1.61. The fourth-order valence-electron chi connectivity index (χ4n) is 3.45. The lowest BCUT2D eigenvalue weighted by Crippen LogP contribution is -2.32. The summed E-state index contributed by atoms with van der Waals surface area (Å²) in [6.45, 7) is 0.919. The van der Waals surface area contributed by atoms with Crippen molar-refractivity contribution in [1.29, 1.82) is 0 Å². The van der Waals surface area contributed by atoms with Gasteiger partial charge in [-0.05, 0) is 30.8 Å². The molecule has 0 saturated heterocycles. The number of hydrogen-bond donors (Lipinski definition) is 0. The van der Waals surface area contributed by atoms with Gasteiger partial charge in [-0.15, -0.1) is 11.8 Å². The highest BCUT2D eigenvalue weighted by Crippen LogP contribution is 2.63. The zero-order valence-corrected chi connectivity index (χ0v) is 10.2. The minimum Gasteiger partial charge on any atom is -0.341 e. The summed E-state index contributed by atoms with van der Waals surface area (Å²) in [6, 6.07) is 0. The van der Waals surface area contributed by atoms with Crippen LogP contribution < -0.4 is 0 Å². The maximum Gasteiger partial charge on any atom is 0.259 e. The third-order valence-electron chi connectivity index (χ3n) is 4.53. The van der Waals surface area contributed by atoms with E-state index in [1.165, 1.54) is 18.4 Å². The Bertz CT molecular complexity index is 445. The lowest BCUT2D eigenvalue weighted by Gasteiger charge is -2.25. The monoisotopic (exact) mass is 233 g/mol. The molecule has 1 spiro atoms.